The van der Waals surface area contributed by atoms with E-state index in [4.69, 9.17) is 15.6 Å². The Labute approximate surface area is 227 Å². The zero-order valence-corrected chi connectivity index (χ0v) is 22.1. The van der Waals surface area contributed by atoms with Crippen molar-refractivity contribution in [3.63, 3.8) is 0 Å². The van der Waals surface area contributed by atoms with Crippen molar-refractivity contribution in [1.29, 1.82) is 0 Å². The predicted octanol–water partition coefficient (Wildman–Crippen LogP) is -0.179. The SMILES string of the molecule is NC(Cc1ccc(O)cc1)C(=O)NCCCCOc1cc2c(cc1C(=O)NCC(=O)NCCCO)=CCCC=2. The van der Waals surface area contributed by atoms with Crippen molar-refractivity contribution in [2.24, 2.45) is 5.73 Å². The molecule has 2 aromatic carbocycles. The summed E-state index contributed by atoms with van der Waals surface area (Å²) in [6, 6.07) is 9.54. The molecule has 0 heterocycles. The number of unbranched alkanes of at least 4 members (excludes halogenated alkanes) is 1. The summed E-state index contributed by atoms with van der Waals surface area (Å²) in [5.41, 5.74) is 7.23. The molecule has 10 nitrogen and oxygen atoms in total. The van der Waals surface area contributed by atoms with E-state index in [1.807, 2.05) is 6.07 Å². The molecule has 1 atom stereocenters. The number of nitrogens with two attached hydrogens (primary N) is 1. The lowest BCUT2D eigenvalue weighted by molar-refractivity contribution is -0.122. The molecule has 0 bridgehead atoms. The summed E-state index contributed by atoms with van der Waals surface area (Å²) in [6.07, 6.45) is 8.13. The number of phenols is 1. The number of nitrogens with one attached hydrogen (secondary N) is 3. The van der Waals surface area contributed by atoms with Crippen LogP contribution < -0.4 is 36.9 Å². The Hall–Kier alpha value is -3.89. The molecule has 0 saturated carbocycles. The molecule has 0 spiro atoms. The molecule has 210 valence electrons. The molecular formula is C29H38N4O6. The highest BCUT2D eigenvalue weighted by Crippen LogP contribution is 2.16. The lowest BCUT2D eigenvalue weighted by Crippen LogP contribution is -2.42. The van der Waals surface area contributed by atoms with Gasteiger partial charge < -0.3 is 36.6 Å². The summed E-state index contributed by atoms with van der Waals surface area (Å²) >= 11 is 0. The second-order valence-electron chi connectivity index (χ2n) is 9.40. The number of phenolic OH excluding ortho intramolecular Hbond substituents is 1. The highest BCUT2D eigenvalue weighted by Gasteiger charge is 2.16. The van der Waals surface area contributed by atoms with Gasteiger partial charge in [0.2, 0.25) is 11.8 Å². The van der Waals surface area contributed by atoms with Crippen LogP contribution in [0.5, 0.6) is 11.5 Å². The number of aromatic hydroxyl groups is 1. The number of carbonyl (C=O) groups is 3. The highest BCUT2D eigenvalue weighted by molar-refractivity contribution is 5.98. The lowest BCUT2D eigenvalue weighted by Gasteiger charge is -2.14. The minimum absolute atomic E-state index is 0.0170. The van der Waals surface area contributed by atoms with Gasteiger partial charge in [-0.25, -0.2) is 0 Å². The minimum Gasteiger partial charge on any atom is -0.508 e. The molecule has 1 aliphatic rings. The highest BCUT2D eigenvalue weighted by atomic mass is 16.5. The third-order valence-corrected chi connectivity index (χ3v) is 6.25. The molecule has 1 unspecified atom stereocenters. The normalized spacial score (nSPS) is 12.8. The fraction of sp³-hybridized carbons (Fsp3) is 0.414. The van der Waals surface area contributed by atoms with Crippen molar-refractivity contribution < 1.29 is 29.3 Å². The second kappa shape index (κ2) is 15.5. The molecule has 7 N–H and O–H groups in total. The Morgan fingerprint density at radius 1 is 0.923 bits per heavy atom. The second-order valence-corrected chi connectivity index (χ2v) is 9.40. The molecule has 0 radical (unpaired) electrons. The van der Waals surface area contributed by atoms with Crippen LogP contribution in [0, 0.1) is 0 Å². The van der Waals surface area contributed by atoms with E-state index in [0.717, 1.165) is 28.8 Å². The van der Waals surface area contributed by atoms with Gasteiger partial charge in [0.1, 0.15) is 11.5 Å². The lowest BCUT2D eigenvalue weighted by atomic mass is 10.0. The maximum Gasteiger partial charge on any atom is 0.255 e. The zero-order valence-electron chi connectivity index (χ0n) is 22.1. The van der Waals surface area contributed by atoms with Crippen LogP contribution in [0.1, 0.15) is 48.0 Å². The molecule has 2 aromatic rings. The fourth-order valence-corrected chi connectivity index (χ4v) is 4.10. The Kier molecular flexibility index (Phi) is 11.8. The third kappa shape index (κ3) is 9.73. The van der Waals surface area contributed by atoms with Crippen LogP contribution in [0.2, 0.25) is 0 Å². The van der Waals surface area contributed by atoms with Crippen molar-refractivity contribution in [2.45, 2.75) is 44.6 Å². The van der Waals surface area contributed by atoms with E-state index in [1.54, 1.807) is 30.3 Å². The molecule has 0 saturated heterocycles. The molecule has 10 heteroatoms. The van der Waals surface area contributed by atoms with Crippen molar-refractivity contribution in [1.82, 2.24) is 16.0 Å². The summed E-state index contributed by atoms with van der Waals surface area (Å²) in [5, 5.41) is 28.3. The molecule has 0 aliphatic heterocycles. The van der Waals surface area contributed by atoms with Crippen molar-refractivity contribution in [3.05, 3.63) is 58.0 Å². The Morgan fingerprint density at radius 3 is 2.33 bits per heavy atom. The van der Waals surface area contributed by atoms with Crippen LogP contribution in [0.4, 0.5) is 0 Å². The van der Waals surface area contributed by atoms with E-state index in [0.29, 0.717) is 56.7 Å². The van der Waals surface area contributed by atoms with Gasteiger partial charge in [-0.2, -0.15) is 0 Å². The van der Waals surface area contributed by atoms with Crippen molar-refractivity contribution in [3.8, 4) is 11.5 Å². The number of amides is 3. The molecule has 0 fully saturated rings. The van der Waals surface area contributed by atoms with Crippen LogP contribution in [0.3, 0.4) is 0 Å². The number of carbonyl (C=O) groups excluding carboxylic acids is 3. The van der Waals surface area contributed by atoms with E-state index in [2.05, 4.69) is 28.1 Å². The van der Waals surface area contributed by atoms with Crippen LogP contribution in [0.25, 0.3) is 12.2 Å². The van der Waals surface area contributed by atoms with Crippen LogP contribution in [-0.4, -0.2) is 66.8 Å². The van der Waals surface area contributed by atoms with E-state index in [-0.39, 0.29) is 30.7 Å². The topological polar surface area (TPSA) is 163 Å². The smallest absolute Gasteiger partial charge is 0.255 e. The summed E-state index contributed by atoms with van der Waals surface area (Å²) < 4.78 is 5.97. The molecule has 39 heavy (non-hydrogen) atoms. The maximum absolute atomic E-state index is 12.9. The number of benzene rings is 2. The zero-order chi connectivity index (χ0) is 28.0. The van der Waals surface area contributed by atoms with E-state index in [1.165, 1.54) is 0 Å². The van der Waals surface area contributed by atoms with Crippen LogP contribution in [-0.2, 0) is 16.0 Å². The largest absolute Gasteiger partial charge is 0.508 e. The van der Waals surface area contributed by atoms with Crippen molar-refractivity contribution in [2.75, 3.05) is 32.8 Å². The quantitative estimate of drug-likeness (QED) is 0.171. The first-order valence-electron chi connectivity index (χ1n) is 13.3. The molecular weight excluding hydrogens is 500 g/mol. The number of ether oxygens (including phenoxy) is 1. The predicted molar refractivity (Wildman–Crippen MR) is 148 cm³/mol. The van der Waals surface area contributed by atoms with Crippen LogP contribution in [0.15, 0.2) is 36.4 Å². The summed E-state index contributed by atoms with van der Waals surface area (Å²) in [4.78, 5) is 37.1. The van der Waals surface area contributed by atoms with Gasteiger partial charge >= 0.3 is 0 Å². The minimum atomic E-state index is -0.688. The van der Waals surface area contributed by atoms with Gasteiger partial charge in [-0.1, -0.05) is 24.3 Å². The van der Waals surface area contributed by atoms with Gasteiger partial charge in [0, 0.05) is 19.7 Å². The van der Waals surface area contributed by atoms with E-state index >= 15 is 0 Å². The number of hydrogen-bond acceptors (Lipinski definition) is 7. The van der Waals surface area contributed by atoms with Gasteiger partial charge in [0.25, 0.3) is 5.91 Å². The molecule has 0 aromatic heterocycles. The van der Waals surface area contributed by atoms with Crippen LogP contribution >= 0.6 is 0 Å². The van der Waals surface area contributed by atoms with Gasteiger partial charge in [0.15, 0.2) is 0 Å². The van der Waals surface area contributed by atoms with E-state index < -0.39 is 11.9 Å². The van der Waals surface area contributed by atoms with Crippen molar-refractivity contribution >= 4 is 29.9 Å². The Bertz CT molecular complexity index is 1250. The summed E-state index contributed by atoms with van der Waals surface area (Å²) in [7, 11) is 0. The maximum atomic E-state index is 12.9. The Balaban J connectivity index is 1.47. The van der Waals surface area contributed by atoms with E-state index in [9.17, 15) is 19.5 Å². The van der Waals surface area contributed by atoms with Gasteiger partial charge in [-0.15, -0.1) is 0 Å². The first-order chi connectivity index (χ1) is 18.9. The molecule has 3 amide bonds. The molecule has 3 rings (SSSR count). The summed E-state index contributed by atoms with van der Waals surface area (Å²) in [6.45, 7) is 0.938. The number of fused-ring (bicyclic) bond motifs is 1. The molecule has 1 aliphatic carbocycles. The number of hydrogen-bond donors (Lipinski definition) is 6. The number of rotatable bonds is 15. The van der Waals surface area contributed by atoms with Gasteiger partial charge in [-0.05, 0) is 78.8 Å². The first-order valence-corrected chi connectivity index (χ1v) is 13.3. The standard InChI is InChI=1S/C29H38N4O6/c30-25(16-20-8-10-23(35)11-9-20)29(38)32-12-3-4-15-39-26-18-22-7-2-1-6-21(22)17-24(26)28(37)33-19-27(36)31-13-5-14-34/h6-11,17-18,25,34-35H,1-5,12-16,19,30H2,(H,31,36)(H,32,38)(H,33,37). The first kappa shape index (κ1) is 29.7. The average molecular weight is 539 g/mol. The van der Waals surface area contributed by atoms with Gasteiger partial charge in [0.05, 0.1) is 24.8 Å². The third-order valence-electron chi connectivity index (χ3n) is 6.25. The van der Waals surface area contributed by atoms with Gasteiger partial charge in [-0.3, -0.25) is 14.4 Å². The average Bonchev–Trinajstić information content (AvgIpc) is 2.94. The number of aliphatic hydroxyl groups is 1. The Morgan fingerprint density at radius 2 is 1.62 bits per heavy atom. The monoisotopic (exact) mass is 538 g/mol. The summed E-state index contributed by atoms with van der Waals surface area (Å²) in [5.74, 6) is -0.375. The number of aliphatic hydroxyl groups excluding tert-OH is 1. The fourth-order valence-electron chi connectivity index (χ4n) is 4.10.